The van der Waals surface area contributed by atoms with E-state index in [1.54, 1.807) is 13.0 Å². The lowest BCUT2D eigenvalue weighted by Crippen LogP contribution is -2.21. The van der Waals surface area contributed by atoms with Gasteiger partial charge in [-0.25, -0.2) is 0 Å². The first kappa shape index (κ1) is 19.1. The zero-order valence-electron chi connectivity index (χ0n) is 14.5. The highest BCUT2D eigenvalue weighted by Gasteiger charge is 2.26. The van der Waals surface area contributed by atoms with E-state index in [0.29, 0.717) is 11.3 Å². The lowest BCUT2D eigenvalue weighted by Gasteiger charge is -2.17. The molecule has 26 heavy (non-hydrogen) atoms. The molecule has 1 atom stereocenters. The van der Waals surface area contributed by atoms with Crippen molar-refractivity contribution in [1.29, 1.82) is 0 Å². The van der Waals surface area contributed by atoms with Crippen molar-refractivity contribution >= 4 is 11.9 Å². The van der Waals surface area contributed by atoms with Gasteiger partial charge < -0.3 is 25.4 Å². The number of H-pyrrole nitrogens is 2. The van der Waals surface area contributed by atoms with E-state index in [1.807, 2.05) is 0 Å². The second-order valence-electron chi connectivity index (χ2n) is 5.61. The number of aromatic hydroxyl groups is 1. The van der Waals surface area contributed by atoms with Gasteiger partial charge in [0, 0.05) is 17.9 Å². The first-order valence-electron chi connectivity index (χ1n) is 7.97. The van der Waals surface area contributed by atoms with Gasteiger partial charge in [-0.2, -0.15) is 0 Å². The maximum atomic E-state index is 12.3. The minimum atomic E-state index is -0.747. The van der Waals surface area contributed by atoms with Gasteiger partial charge in [-0.3, -0.25) is 19.5 Å². The number of aromatic nitrogens is 2. The van der Waals surface area contributed by atoms with Crippen LogP contribution in [-0.4, -0.2) is 40.9 Å². The summed E-state index contributed by atoms with van der Waals surface area (Å²) in [6, 6.07) is 4.53. The zero-order chi connectivity index (χ0) is 19.3. The van der Waals surface area contributed by atoms with Crippen LogP contribution in [0.1, 0.15) is 36.1 Å². The number of hydrogen-bond donors (Lipinski definition) is 4. The highest BCUT2D eigenvalue weighted by atomic mass is 16.5. The number of amides is 1. The highest BCUT2D eigenvalue weighted by Crippen LogP contribution is 2.34. The fourth-order valence-electron chi connectivity index (χ4n) is 2.78. The molecular formula is C17H21N3O6. The van der Waals surface area contributed by atoms with Gasteiger partial charge in [0.2, 0.25) is 5.91 Å². The molecule has 1 aromatic heterocycles. The van der Waals surface area contributed by atoms with Crippen molar-refractivity contribution < 1.29 is 24.2 Å². The average molecular weight is 363 g/mol. The number of nitrogens with two attached hydrogens (primary N) is 1. The number of phenolic OH excluding ortho intramolecular Hbond substituents is 1. The number of hydrogen-bond acceptors (Lipinski definition) is 6. The molecule has 0 fully saturated rings. The third-order valence-corrected chi connectivity index (χ3v) is 3.88. The third kappa shape index (κ3) is 4.24. The van der Waals surface area contributed by atoms with Gasteiger partial charge in [0.15, 0.2) is 11.5 Å². The second-order valence-corrected chi connectivity index (χ2v) is 5.61. The predicted octanol–water partition coefficient (Wildman–Crippen LogP) is 0.530. The molecule has 0 bridgehead atoms. The molecule has 5 N–H and O–H groups in total. The van der Waals surface area contributed by atoms with Crippen molar-refractivity contribution in [2.24, 2.45) is 5.73 Å². The number of primary amides is 1. The summed E-state index contributed by atoms with van der Waals surface area (Å²) >= 11 is 0. The zero-order valence-corrected chi connectivity index (χ0v) is 14.5. The molecule has 2 rings (SSSR count). The summed E-state index contributed by atoms with van der Waals surface area (Å²) in [7, 11) is 1.41. The monoisotopic (exact) mass is 363 g/mol. The van der Waals surface area contributed by atoms with E-state index in [1.165, 1.54) is 19.2 Å². The SMILES string of the molecule is CCOC(=O)Cc1[nH][nH]c(=O)c1[C@H](CC(N)=O)c1ccc(OC)c(O)c1. The van der Waals surface area contributed by atoms with E-state index >= 15 is 0 Å². The number of nitrogens with one attached hydrogen (secondary N) is 2. The molecule has 0 saturated heterocycles. The van der Waals surface area contributed by atoms with Gasteiger partial charge in [0.25, 0.3) is 5.56 Å². The van der Waals surface area contributed by atoms with Gasteiger partial charge >= 0.3 is 5.97 Å². The lowest BCUT2D eigenvalue weighted by molar-refractivity contribution is -0.142. The first-order chi connectivity index (χ1) is 12.4. The molecule has 0 radical (unpaired) electrons. The van der Waals surface area contributed by atoms with E-state index in [4.69, 9.17) is 15.2 Å². The van der Waals surface area contributed by atoms with Crippen LogP contribution in [0.4, 0.5) is 0 Å². The molecule has 0 saturated carbocycles. The average Bonchev–Trinajstić information content (AvgIpc) is 2.93. The first-order valence-corrected chi connectivity index (χ1v) is 7.97. The highest BCUT2D eigenvalue weighted by molar-refractivity contribution is 5.76. The van der Waals surface area contributed by atoms with Crippen molar-refractivity contribution in [3.05, 3.63) is 45.4 Å². The van der Waals surface area contributed by atoms with E-state index < -0.39 is 23.4 Å². The third-order valence-electron chi connectivity index (χ3n) is 3.88. The van der Waals surface area contributed by atoms with Gasteiger partial charge in [-0.1, -0.05) is 6.07 Å². The van der Waals surface area contributed by atoms with Crippen molar-refractivity contribution in [2.75, 3.05) is 13.7 Å². The van der Waals surface area contributed by atoms with Gasteiger partial charge in [0.05, 0.1) is 25.8 Å². The van der Waals surface area contributed by atoms with Crippen LogP contribution in [0.5, 0.6) is 11.5 Å². The molecule has 0 aliphatic carbocycles. The molecule has 140 valence electrons. The largest absolute Gasteiger partial charge is 0.504 e. The number of phenols is 1. The number of esters is 1. The topological polar surface area (TPSA) is 148 Å². The summed E-state index contributed by atoms with van der Waals surface area (Å²) in [6.45, 7) is 1.88. The Bertz CT molecular complexity index is 854. The van der Waals surface area contributed by atoms with Crippen molar-refractivity contribution in [3.63, 3.8) is 0 Å². The minimum absolute atomic E-state index is 0.140. The quantitative estimate of drug-likeness (QED) is 0.503. The molecule has 0 unspecified atom stereocenters. The van der Waals surface area contributed by atoms with Crippen LogP contribution in [0, 0.1) is 0 Å². The summed E-state index contributed by atoms with van der Waals surface area (Å²) in [5.41, 5.74) is 5.84. The van der Waals surface area contributed by atoms with Crippen molar-refractivity contribution in [3.8, 4) is 11.5 Å². The summed E-state index contributed by atoms with van der Waals surface area (Å²) in [4.78, 5) is 35.6. The van der Waals surface area contributed by atoms with E-state index in [-0.39, 0.29) is 36.5 Å². The fraction of sp³-hybridized carbons (Fsp3) is 0.353. The van der Waals surface area contributed by atoms with E-state index in [2.05, 4.69) is 10.2 Å². The van der Waals surface area contributed by atoms with Gasteiger partial charge in [-0.05, 0) is 24.6 Å². The Morgan fingerprint density at radius 1 is 1.31 bits per heavy atom. The molecular weight excluding hydrogens is 342 g/mol. The summed E-state index contributed by atoms with van der Waals surface area (Å²) in [5, 5.41) is 15.1. The Morgan fingerprint density at radius 2 is 2.04 bits per heavy atom. The van der Waals surface area contributed by atoms with Crippen molar-refractivity contribution in [2.45, 2.75) is 25.7 Å². The molecule has 1 amide bonds. The molecule has 0 spiro atoms. The van der Waals surface area contributed by atoms with Gasteiger partial charge in [-0.15, -0.1) is 0 Å². The summed E-state index contributed by atoms with van der Waals surface area (Å²) in [6.07, 6.45) is -0.345. The van der Waals surface area contributed by atoms with Gasteiger partial charge in [0.1, 0.15) is 0 Å². The maximum absolute atomic E-state index is 12.3. The van der Waals surface area contributed by atoms with E-state index in [0.717, 1.165) is 0 Å². The molecule has 0 aliphatic rings. The molecule has 1 heterocycles. The molecule has 1 aromatic carbocycles. The van der Waals surface area contributed by atoms with Crippen LogP contribution in [0.25, 0.3) is 0 Å². The Balaban J connectivity index is 2.49. The number of carbonyl (C=O) groups is 2. The van der Waals surface area contributed by atoms with Crippen LogP contribution in [0.2, 0.25) is 0 Å². The minimum Gasteiger partial charge on any atom is -0.504 e. The smallest absolute Gasteiger partial charge is 0.311 e. The van der Waals surface area contributed by atoms with Crippen LogP contribution in [0.15, 0.2) is 23.0 Å². The Morgan fingerprint density at radius 3 is 2.62 bits per heavy atom. The molecule has 2 aromatic rings. The van der Waals surface area contributed by atoms with E-state index in [9.17, 15) is 19.5 Å². The second kappa shape index (κ2) is 8.24. The lowest BCUT2D eigenvalue weighted by atomic mass is 9.87. The van der Waals surface area contributed by atoms with Crippen LogP contribution in [-0.2, 0) is 20.7 Å². The Hall–Kier alpha value is -3.23. The number of aromatic amines is 2. The normalized spacial score (nSPS) is 11.8. The Kier molecular flexibility index (Phi) is 6.05. The molecule has 0 aliphatic heterocycles. The maximum Gasteiger partial charge on any atom is 0.311 e. The predicted molar refractivity (Wildman–Crippen MR) is 92.1 cm³/mol. The summed E-state index contributed by atoms with van der Waals surface area (Å²) < 4.78 is 9.90. The Labute approximate surface area is 149 Å². The fourth-order valence-corrected chi connectivity index (χ4v) is 2.78. The number of rotatable bonds is 8. The standard InChI is InChI=1S/C17H21N3O6/c1-3-26-15(23)8-11-16(17(24)20-19-11)10(7-14(18)22)9-4-5-13(25-2)12(21)6-9/h4-6,10,21H,3,7-8H2,1-2H3,(H2,18,22)(H2,19,20,24)/t10-/m1/s1. The van der Waals surface area contributed by atoms with Crippen LogP contribution >= 0.6 is 0 Å². The van der Waals surface area contributed by atoms with Crippen LogP contribution < -0.4 is 16.0 Å². The van der Waals surface area contributed by atoms with Crippen LogP contribution in [0.3, 0.4) is 0 Å². The van der Waals surface area contributed by atoms with Crippen molar-refractivity contribution in [1.82, 2.24) is 10.2 Å². The number of benzene rings is 1. The number of methoxy groups -OCH3 is 1. The molecule has 9 nitrogen and oxygen atoms in total. The number of carbonyl (C=O) groups excluding carboxylic acids is 2. The summed E-state index contributed by atoms with van der Waals surface area (Å²) in [5.74, 6) is -1.78. The number of ether oxygens (including phenoxy) is 2. The molecule has 9 heteroatoms.